The summed E-state index contributed by atoms with van der Waals surface area (Å²) in [6.07, 6.45) is 9.44. The molecule has 2 aromatic carbocycles. The molecule has 3 aromatic rings. The number of amides is 3. The maximum Gasteiger partial charge on any atom is 0.407 e. The minimum atomic E-state index is -1.09. The number of hydrogen-bond donors (Lipinski definition) is 3. The SMILES string of the molecule is CC(C)(C)OC(=O)NCCCC[C@@H](NC(=O)c1cccc(-n2cc(CCC(=O)CCOCCOCCOCCOCCCC(=O)CCCC[C@H]3C[C@@H]4NC(=O)C[C@@H]4S3)nn2)c1)C(=O)COc1c(F)cccc1F. The zero-order chi connectivity index (χ0) is 52.4. The van der Waals surface area contributed by atoms with E-state index in [0.29, 0.717) is 119 Å². The van der Waals surface area contributed by atoms with Gasteiger partial charge < -0.3 is 44.4 Å². The number of alkyl carbamates (subject to hydrolysis) is 1. The van der Waals surface area contributed by atoms with Crippen molar-refractivity contribution in [3.05, 3.63) is 71.6 Å². The third-order valence-electron chi connectivity index (χ3n) is 11.8. The first-order valence-electron chi connectivity index (χ1n) is 25.3. The van der Waals surface area contributed by atoms with Crippen LogP contribution in [0.25, 0.3) is 5.69 Å². The van der Waals surface area contributed by atoms with Gasteiger partial charge in [0.2, 0.25) is 5.91 Å². The van der Waals surface area contributed by atoms with E-state index in [9.17, 15) is 37.5 Å². The second-order valence-corrected chi connectivity index (χ2v) is 20.5. The largest absolute Gasteiger partial charge is 0.480 e. The highest BCUT2D eigenvalue weighted by atomic mass is 32.2. The van der Waals surface area contributed by atoms with E-state index in [1.54, 1.807) is 51.2 Å². The number of unbranched alkanes of at least 4 members (excludes halogenated alkanes) is 2. The normalized spacial score (nSPS) is 16.7. The zero-order valence-corrected chi connectivity index (χ0v) is 43.1. The fourth-order valence-electron chi connectivity index (χ4n) is 8.07. The topological polar surface area (TPSA) is 225 Å². The van der Waals surface area contributed by atoms with E-state index in [1.165, 1.54) is 10.7 Å². The fourth-order valence-corrected chi connectivity index (χ4v) is 9.80. The van der Waals surface area contributed by atoms with Crippen LogP contribution < -0.4 is 20.7 Å². The third-order valence-corrected chi connectivity index (χ3v) is 13.5. The molecule has 0 aliphatic carbocycles. The van der Waals surface area contributed by atoms with Gasteiger partial charge in [-0.2, -0.15) is 11.8 Å². The molecule has 0 unspecified atom stereocenters. The van der Waals surface area contributed by atoms with Gasteiger partial charge in [-0.1, -0.05) is 23.8 Å². The first-order valence-corrected chi connectivity index (χ1v) is 26.3. The van der Waals surface area contributed by atoms with E-state index in [-0.39, 0.29) is 55.5 Å². The van der Waals surface area contributed by atoms with Crippen LogP contribution in [-0.4, -0.2) is 144 Å². The molecule has 402 valence electrons. The van der Waals surface area contributed by atoms with Gasteiger partial charge in [0, 0.05) is 73.8 Å². The number of benzene rings is 2. The summed E-state index contributed by atoms with van der Waals surface area (Å²) in [5.74, 6) is -3.40. The van der Waals surface area contributed by atoms with E-state index in [2.05, 4.69) is 26.3 Å². The minimum Gasteiger partial charge on any atom is -0.480 e. The highest BCUT2D eigenvalue weighted by Gasteiger charge is 2.41. The van der Waals surface area contributed by atoms with Crippen LogP contribution >= 0.6 is 11.8 Å². The van der Waals surface area contributed by atoms with Gasteiger partial charge >= 0.3 is 6.09 Å². The van der Waals surface area contributed by atoms with Crippen LogP contribution in [0.4, 0.5) is 13.6 Å². The molecule has 2 fully saturated rings. The number of aryl methyl sites for hydroxylation is 1. The van der Waals surface area contributed by atoms with Crippen molar-refractivity contribution in [1.82, 2.24) is 30.9 Å². The van der Waals surface area contributed by atoms with E-state index in [0.717, 1.165) is 37.8 Å². The number of halogens is 2. The lowest BCUT2D eigenvalue weighted by atomic mass is 10.0. The number of aromatic nitrogens is 3. The molecule has 73 heavy (non-hydrogen) atoms. The van der Waals surface area contributed by atoms with Crippen molar-refractivity contribution in [2.24, 2.45) is 0 Å². The Balaban J connectivity index is 0.888. The van der Waals surface area contributed by atoms with Crippen LogP contribution in [0, 0.1) is 11.6 Å². The Morgan fingerprint density at radius 1 is 0.822 bits per heavy atom. The van der Waals surface area contributed by atoms with Crippen LogP contribution in [0.15, 0.2) is 48.7 Å². The van der Waals surface area contributed by atoms with Crippen LogP contribution in [-0.2, 0) is 49.3 Å². The molecule has 18 nitrogen and oxygen atoms in total. The molecule has 1 aromatic heterocycles. The Kier molecular flexibility index (Phi) is 25.2. The van der Waals surface area contributed by atoms with Crippen molar-refractivity contribution < 1.29 is 66.0 Å². The van der Waals surface area contributed by atoms with Crippen molar-refractivity contribution in [1.29, 1.82) is 0 Å². The number of thioether (sulfide) groups is 1. The molecule has 3 heterocycles. The number of nitrogens with one attached hydrogen (secondary N) is 3. The number of ketones is 3. The number of ether oxygens (including phenoxy) is 6. The number of Topliss-reactive ketones (excluding diaryl/α,β-unsaturated/α-hetero) is 3. The van der Waals surface area contributed by atoms with Gasteiger partial charge in [0.05, 0.1) is 69.9 Å². The quantitative estimate of drug-likeness (QED) is 0.0521. The molecule has 21 heteroatoms. The van der Waals surface area contributed by atoms with Crippen LogP contribution in [0.3, 0.4) is 0 Å². The van der Waals surface area contributed by atoms with Gasteiger partial charge in [-0.15, -0.1) is 5.10 Å². The van der Waals surface area contributed by atoms with Gasteiger partial charge in [-0.25, -0.2) is 18.3 Å². The Morgan fingerprint density at radius 2 is 1.49 bits per heavy atom. The fraction of sp³-hybridized carbons (Fsp3) is 0.615. The van der Waals surface area contributed by atoms with Gasteiger partial charge in [-0.3, -0.25) is 24.0 Å². The van der Waals surface area contributed by atoms with Gasteiger partial charge in [0.1, 0.15) is 23.8 Å². The summed E-state index contributed by atoms with van der Waals surface area (Å²) in [6, 6.07) is 8.89. The van der Waals surface area contributed by atoms with Crippen LogP contribution in [0.5, 0.6) is 5.75 Å². The molecule has 0 spiro atoms. The van der Waals surface area contributed by atoms with Crippen molar-refractivity contribution in [3.63, 3.8) is 0 Å². The van der Waals surface area contributed by atoms with E-state index >= 15 is 0 Å². The molecule has 4 atom stereocenters. The Labute approximate surface area is 430 Å². The molecule has 3 N–H and O–H groups in total. The summed E-state index contributed by atoms with van der Waals surface area (Å²) < 4.78 is 62.6. The maximum absolute atomic E-state index is 14.2. The monoisotopic (exact) mass is 1040 g/mol. The van der Waals surface area contributed by atoms with Crippen LogP contribution in [0.1, 0.15) is 120 Å². The molecule has 5 rings (SSSR count). The highest BCUT2D eigenvalue weighted by molar-refractivity contribution is 8.00. The maximum atomic E-state index is 14.2. The molecular formula is C52H72F2N6O12S. The van der Waals surface area contributed by atoms with Crippen molar-refractivity contribution >= 4 is 47.0 Å². The second kappa shape index (κ2) is 31.4. The van der Waals surface area contributed by atoms with Crippen molar-refractivity contribution in [2.75, 3.05) is 66.0 Å². The first kappa shape index (κ1) is 58.5. The van der Waals surface area contributed by atoms with Gasteiger partial charge in [0.15, 0.2) is 23.2 Å². The van der Waals surface area contributed by atoms with E-state index in [4.69, 9.17) is 28.4 Å². The molecular weight excluding hydrogens is 971 g/mol. The van der Waals surface area contributed by atoms with E-state index < -0.39 is 53.4 Å². The number of carbonyl (C=O) groups excluding carboxylic acids is 6. The minimum absolute atomic E-state index is 0.00476. The predicted molar refractivity (Wildman–Crippen MR) is 268 cm³/mol. The summed E-state index contributed by atoms with van der Waals surface area (Å²) in [6.45, 7) is 7.91. The van der Waals surface area contributed by atoms with Crippen molar-refractivity contribution in [2.45, 2.75) is 139 Å². The lowest BCUT2D eigenvalue weighted by Gasteiger charge is -2.20. The molecule has 3 amide bonds. The zero-order valence-electron chi connectivity index (χ0n) is 42.3. The smallest absolute Gasteiger partial charge is 0.407 e. The highest BCUT2D eigenvalue weighted by Crippen LogP contribution is 2.41. The van der Waals surface area contributed by atoms with Crippen LogP contribution in [0.2, 0.25) is 0 Å². The lowest BCUT2D eigenvalue weighted by molar-refractivity contribution is -0.123. The summed E-state index contributed by atoms with van der Waals surface area (Å²) in [7, 11) is 0. The van der Waals surface area contributed by atoms with Gasteiger partial charge in [0.25, 0.3) is 5.91 Å². The summed E-state index contributed by atoms with van der Waals surface area (Å²) in [5.41, 5.74) is 0.591. The molecule has 2 saturated heterocycles. The van der Waals surface area contributed by atoms with E-state index in [1.807, 2.05) is 11.8 Å². The first-order chi connectivity index (χ1) is 35.1. The summed E-state index contributed by atoms with van der Waals surface area (Å²) in [5, 5.41) is 17.8. The van der Waals surface area contributed by atoms with Crippen molar-refractivity contribution in [3.8, 4) is 11.4 Å². The molecule has 2 aliphatic heterocycles. The number of para-hydroxylation sites is 1. The number of nitrogens with zero attached hydrogens (tertiary/aromatic N) is 3. The number of hydrogen-bond acceptors (Lipinski definition) is 15. The number of fused-ring (bicyclic) bond motifs is 1. The number of carbonyl (C=O) groups is 6. The molecule has 2 aliphatic rings. The number of rotatable bonds is 36. The predicted octanol–water partition coefficient (Wildman–Crippen LogP) is 6.62. The Morgan fingerprint density at radius 3 is 2.21 bits per heavy atom. The third kappa shape index (κ3) is 22.3. The second-order valence-electron chi connectivity index (χ2n) is 19.0. The summed E-state index contributed by atoms with van der Waals surface area (Å²) >= 11 is 1.94. The standard InChI is InChI=1S/C52H72F2N6O12S/c1-52(2,3)72-51(66)55-22-7-6-18-44(46(63)35-71-49-42(53)16-9-17-43(49)54)57-50(65)36-11-8-12-38(31-36)60-34-37(58-59-60)19-20-40(62)21-24-68-26-28-70-30-29-69-27-25-67-23-10-14-39(61)13-4-5-15-41-32-45-47(73-41)33-48(64)56-45/h8-9,11-12,16-17,31,34,41,44-45,47H,4-7,10,13-15,18-30,32-33,35H2,1-3H3,(H,55,66)(H,56,64)(H,57,65)/t41-,44+,45-,47-/m0/s1. The Bertz CT molecular complexity index is 2210. The molecule has 0 saturated carbocycles. The summed E-state index contributed by atoms with van der Waals surface area (Å²) in [4.78, 5) is 75.2. The molecule has 0 radical (unpaired) electrons. The van der Waals surface area contributed by atoms with Gasteiger partial charge in [-0.05, 0) is 96.0 Å². The average Bonchev–Trinajstić information content (AvgIpc) is 4.07. The average molecular weight is 1040 g/mol. The lowest BCUT2D eigenvalue weighted by Crippen LogP contribution is -2.43. The Hall–Kier alpha value is -5.35. The molecule has 0 bridgehead atoms.